The van der Waals surface area contributed by atoms with Gasteiger partial charge in [0.1, 0.15) is 0 Å². The lowest BCUT2D eigenvalue weighted by molar-refractivity contribution is 0.589. The lowest BCUT2D eigenvalue weighted by atomic mass is 9.81. The molecular weight excluding hydrogens is 264 g/mol. The summed E-state index contributed by atoms with van der Waals surface area (Å²) in [7, 11) is 0. The van der Waals surface area contributed by atoms with Crippen molar-refractivity contribution >= 4 is 6.08 Å². The van der Waals surface area contributed by atoms with Crippen molar-refractivity contribution in [2.45, 2.75) is 46.0 Å². The van der Waals surface area contributed by atoms with Gasteiger partial charge in [-0.05, 0) is 33.6 Å². The summed E-state index contributed by atoms with van der Waals surface area (Å²) in [5.41, 5.74) is 7.40. The van der Waals surface area contributed by atoms with Gasteiger partial charge in [-0.1, -0.05) is 94.8 Å². The molecule has 1 aliphatic rings. The van der Waals surface area contributed by atoms with Crippen LogP contribution in [0.25, 0.3) is 6.08 Å². The van der Waals surface area contributed by atoms with E-state index >= 15 is 0 Å². The monoisotopic (exact) mass is 290 g/mol. The highest BCUT2D eigenvalue weighted by Gasteiger charge is 2.28. The molecule has 3 rings (SSSR count). The molecule has 114 valence electrons. The van der Waals surface area contributed by atoms with Gasteiger partial charge in [-0.2, -0.15) is 0 Å². The zero-order valence-corrected chi connectivity index (χ0v) is 14.4. The van der Waals surface area contributed by atoms with Crippen LogP contribution in [-0.2, 0) is 5.41 Å². The predicted molar refractivity (Wildman–Crippen MR) is 96.2 cm³/mol. The van der Waals surface area contributed by atoms with Gasteiger partial charge in [-0.15, -0.1) is 0 Å². The summed E-state index contributed by atoms with van der Waals surface area (Å²) in [6.45, 7) is 11.4. The van der Waals surface area contributed by atoms with Gasteiger partial charge in [-0.3, -0.25) is 0 Å². The van der Waals surface area contributed by atoms with Crippen molar-refractivity contribution in [3.05, 3.63) is 76.4 Å². The molecule has 0 N–H and O–H groups in total. The van der Waals surface area contributed by atoms with Gasteiger partial charge in [0, 0.05) is 5.92 Å². The molecule has 22 heavy (non-hydrogen) atoms. The van der Waals surface area contributed by atoms with E-state index in [1.54, 1.807) is 0 Å². The van der Waals surface area contributed by atoms with E-state index in [9.17, 15) is 0 Å². The van der Waals surface area contributed by atoms with Crippen LogP contribution in [0, 0.1) is 5.92 Å². The van der Waals surface area contributed by atoms with Crippen LogP contribution in [0.5, 0.6) is 0 Å². The fourth-order valence-corrected chi connectivity index (χ4v) is 3.40. The third-order valence-corrected chi connectivity index (χ3v) is 4.74. The molecule has 2 aromatic rings. The molecule has 0 bridgehead atoms. The maximum absolute atomic E-state index is 2.39. The van der Waals surface area contributed by atoms with Gasteiger partial charge < -0.3 is 0 Å². The Balaban J connectivity index is 2.04. The maximum Gasteiger partial charge on any atom is 0.0310 e. The van der Waals surface area contributed by atoms with Crippen molar-refractivity contribution in [3.63, 3.8) is 0 Å². The van der Waals surface area contributed by atoms with Crippen LogP contribution >= 0.6 is 0 Å². The number of rotatable bonds is 2. The summed E-state index contributed by atoms with van der Waals surface area (Å²) in [6, 6.07) is 18.1. The minimum absolute atomic E-state index is 0.211. The first-order valence-corrected chi connectivity index (χ1v) is 8.29. The zero-order chi connectivity index (χ0) is 15.9. The molecule has 1 unspecified atom stereocenters. The fraction of sp³-hybridized carbons (Fsp3) is 0.364. The average Bonchev–Trinajstić information content (AvgIpc) is 2.86. The summed E-state index contributed by atoms with van der Waals surface area (Å²) in [5.74, 6) is 0.991. The Labute approximate surface area is 134 Å². The van der Waals surface area contributed by atoms with Gasteiger partial charge in [-0.25, -0.2) is 0 Å². The molecule has 0 amide bonds. The summed E-state index contributed by atoms with van der Waals surface area (Å²) in [6.07, 6.45) is 2.39. The zero-order valence-electron chi connectivity index (χ0n) is 14.4. The van der Waals surface area contributed by atoms with Gasteiger partial charge in [0.15, 0.2) is 0 Å². The lowest BCUT2D eigenvalue weighted by Gasteiger charge is -2.23. The first kappa shape index (κ1) is 15.1. The van der Waals surface area contributed by atoms with Crippen LogP contribution in [-0.4, -0.2) is 0 Å². The molecule has 0 heteroatoms. The summed E-state index contributed by atoms with van der Waals surface area (Å²) >= 11 is 0. The van der Waals surface area contributed by atoms with E-state index in [0.717, 1.165) is 0 Å². The molecule has 0 radical (unpaired) electrons. The quantitative estimate of drug-likeness (QED) is 0.620. The normalized spacial score (nSPS) is 17.5. The largest absolute Gasteiger partial charge is 0.0619 e. The average molecular weight is 290 g/mol. The predicted octanol–water partition coefficient (Wildman–Crippen LogP) is 6.17. The number of hydrogen-bond acceptors (Lipinski definition) is 0. The summed E-state index contributed by atoms with van der Waals surface area (Å²) in [5, 5.41) is 0. The van der Waals surface area contributed by atoms with Gasteiger partial charge in [0.05, 0.1) is 0 Å². The van der Waals surface area contributed by atoms with Crippen molar-refractivity contribution < 1.29 is 0 Å². The first-order chi connectivity index (χ1) is 10.4. The van der Waals surface area contributed by atoms with Gasteiger partial charge >= 0.3 is 0 Å². The molecule has 0 fully saturated rings. The highest BCUT2D eigenvalue weighted by molar-refractivity contribution is 5.69. The Kier molecular flexibility index (Phi) is 3.72. The Morgan fingerprint density at radius 2 is 1.50 bits per heavy atom. The number of hydrogen-bond donors (Lipinski definition) is 0. The first-order valence-electron chi connectivity index (χ1n) is 8.29. The summed E-state index contributed by atoms with van der Waals surface area (Å²) in [4.78, 5) is 0. The Hall–Kier alpha value is -1.82. The summed E-state index contributed by atoms with van der Waals surface area (Å²) < 4.78 is 0. The van der Waals surface area contributed by atoms with Gasteiger partial charge in [0.25, 0.3) is 0 Å². The van der Waals surface area contributed by atoms with E-state index in [4.69, 9.17) is 0 Å². The SMILES string of the molecule is CC(C)C1=Cc2ccccc2C1c1ccc(C(C)(C)C)cc1. The Bertz CT molecular complexity index is 694. The van der Waals surface area contributed by atoms with E-state index in [-0.39, 0.29) is 5.41 Å². The van der Waals surface area contributed by atoms with Crippen molar-refractivity contribution in [1.82, 2.24) is 0 Å². The maximum atomic E-state index is 2.39. The smallest absolute Gasteiger partial charge is 0.0310 e. The van der Waals surface area contributed by atoms with Gasteiger partial charge in [0.2, 0.25) is 0 Å². The third-order valence-electron chi connectivity index (χ3n) is 4.74. The van der Waals surface area contributed by atoms with Crippen LogP contribution in [0.1, 0.15) is 62.8 Å². The minimum atomic E-state index is 0.211. The van der Waals surface area contributed by atoms with Crippen molar-refractivity contribution in [2.24, 2.45) is 5.92 Å². The molecule has 0 spiro atoms. The second kappa shape index (κ2) is 5.43. The molecule has 0 nitrogen and oxygen atoms in total. The van der Waals surface area contributed by atoms with E-state index in [1.807, 2.05) is 0 Å². The van der Waals surface area contributed by atoms with Crippen molar-refractivity contribution in [2.75, 3.05) is 0 Å². The molecule has 1 aliphatic carbocycles. The second-order valence-corrected chi connectivity index (χ2v) is 7.73. The lowest BCUT2D eigenvalue weighted by Crippen LogP contribution is -2.11. The van der Waals surface area contributed by atoms with Crippen LogP contribution in [0.2, 0.25) is 0 Å². The van der Waals surface area contributed by atoms with Crippen LogP contribution in [0.15, 0.2) is 54.1 Å². The Morgan fingerprint density at radius 1 is 0.864 bits per heavy atom. The standard InChI is InChI=1S/C22H26/c1-15(2)20-14-17-8-6-7-9-19(17)21(20)16-10-12-18(13-11-16)22(3,4)5/h6-15,21H,1-5H3. The van der Waals surface area contributed by atoms with Crippen molar-refractivity contribution in [1.29, 1.82) is 0 Å². The highest BCUT2D eigenvalue weighted by Crippen LogP contribution is 2.44. The number of fused-ring (bicyclic) bond motifs is 1. The number of benzene rings is 2. The molecule has 0 saturated heterocycles. The topological polar surface area (TPSA) is 0 Å². The Morgan fingerprint density at radius 3 is 2.09 bits per heavy atom. The molecular formula is C22H26. The van der Waals surface area contributed by atoms with E-state index in [1.165, 1.54) is 27.8 Å². The minimum Gasteiger partial charge on any atom is -0.0619 e. The molecule has 0 aliphatic heterocycles. The molecule has 0 aromatic heterocycles. The second-order valence-electron chi connectivity index (χ2n) is 7.73. The number of allylic oxidation sites excluding steroid dienone is 1. The van der Waals surface area contributed by atoms with Crippen LogP contribution < -0.4 is 0 Å². The van der Waals surface area contributed by atoms with Crippen molar-refractivity contribution in [3.8, 4) is 0 Å². The molecule has 0 saturated carbocycles. The molecule has 1 atom stereocenters. The molecule has 2 aromatic carbocycles. The fourth-order valence-electron chi connectivity index (χ4n) is 3.40. The van der Waals surface area contributed by atoms with E-state index in [2.05, 4.69) is 89.2 Å². The third kappa shape index (κ3) is 2.63. The van der Waals surface area contributed by atoms with E-state index in [0.29, 0.717) is 11.8 Å². The van der Waals surface area contributed by atoms with Crippen LogP contribution in [0.4, 0.5) is 0 Å². The molecule has 0 heterocycles. The van der Waals surface area contributed by atoms with E-state index < -0.39 is 0 Å². The highest BCUT2D eigenvalue weighted by atomic mass is 14.3. The van der Waals surface area contributed by atoms with Crippen LogP contribution in [0.3, 0.4) is 0 Å².